The smallest absolute Gasteiger partial charge is 0.274 e. The Labute approximate surface area is 159 Å². The van der Waals surface area contributed by atoms with Crippen molar-refractivity contribution >= 4 is 39.5 Å². The summed E-state index contributed by atoms with van der Waals surface area (Å²) in [7, 11) is 0. The number of guanidine groups is 1. The minimum Gasteiger partial charge on any atom is -0.390 e. The number of thiazole rings is 1. The lowest BCUT2D eigenvalue weighted by molar-refractivity contribution is -0.115. The highest BCUT2D eigenvalue weighted by atomic mass is 32.1. The van der Waals surface area contributed by atoms with Gasteiger partial charge in [0.25, 0.3) is 5.91 Å². The number of hydrogen-bond donors (Lipinski definition) is 3. The number of fused-ring (bicyclic) bond motifs is 2. The third-order valence-corrected chi connectivity index (χ3v) is 5.62. The molecule has 134 valence electrons. The average molecular weight is 376 g/mol. The van der Waals surface area contributed by atoms with Gasteiger partial charge in [0.2, 0.25) is 5.96 Å². The van der Waals surface area contributed by atoms with E-state index in [9.17, 15) is 9.90 Å². The number of nitrogens with one attached hydrogen (secondary N) is 2. The van der Waals surface area contributed by atoms with Gasteiger partial charge in [-0.2, -0.15) is 0 Å². The van der Waals surface area contributed by atoms with Gasteiger partial charge in [-0.1, -0.05) is 30.3 Å². The molecule has 0 unspecified atom stereocenters. The van der Waals surface area contributed by atoms with E-state index in [0.29, 0.717) is 18.1 Å². The second kappa shape index (κ2) is 6.29. The Bertz CT molecular complexity index is 1120. The maximum Gasteiger partial charge on any atom is 0.274 e. The summed E-state index contributed by atoms with van der Waals surface area (Å²) in [4.78, 5) is 21.1. The minimum absolute atomic E-state index is 0.237. The highest BCUT2D eigenvalue weighted by Gasteiger charge is 2.32. The monoisotopic (exact) mass is 376 g/mol. The molecule has 2 heterocycles. The van der Waals surface area contributed by atoms with Crippen molar-refractivity contribution in [1.29, 1.82) is 0 Å². The number of hydrogen-bond acceptors (Lipinski definition) is 5. The first-order chi connectivity index (χ1) is 13.2. The van der Waals surface area contributed by atoms with E-state index in [1.165, 1.54) is 0 Å². The van der Waals surface area contributed by atoms with Gasteiger partial charge >= 0.3 is 0 Å². The largest absolute Gasteiger partial charge is 0.390 e. The van der Waals surface area contributed by atoms with E-state index in [-0.39, 0.29) is 11.9 Å². The van der Waals surface area contributed by atoms with E-state index in [0.717, 1.165) is 26.9 Å². The van der Waals surface area contributed by atoms with Crippen LogP contribution in [0.5, 0.6) is 0 Å². The predicted molar refractivity (Wildman–Crippen MR) is 105 cm³/mol. The minimum atomic E-state index is -0.588. The van der Waals surface area contributed by atoms with Gasteiger partial charge in [-0.15, -0.1) is 11.3 Å². The van der Waals surface area contributed by atoms with E-state index in [2.05, 4.69) is 20.6 Å². The summed E-state index contributed by atoms with van der Waals surface area (Å²) in [6, 6.07) is 13.3. The van der Waals surface area contributed by atoms with Gasteiger partial charge in [-0.05, 0) is 34.9 Å². The summed E-state index contributed by atoms with van der Waals surface area (Å²) in [5.41, 5.74) is 6.19. The van der Waals surface area contributed by atoms with Gasteiger partial charge in [-0.25, -0.2) is 9.98 Å². The molecule has 1 aromatic heterocycles. The van der Waals surface area contributed by atoms with Crippen molar-refractivity contribution in [2.24, 2.45) is 4.99 Å². The van der Waals surface area contributed by atoms with Crippen LogP contribution in [-0.2, 0) is 11.2 Å². The molecular formula is C20H16N4O2S. The molecule has 1 amide bonds. The lowest BCUT2D eigenvalue weighted by atomic mass is 10.1. The molecule has 0 spiro atoms. The summed E-state index contributed by atoms with van der Waals surface area (Å²) < 4.78 is 1.07. The summed E-state index contributed by atoms with van der Waals surface area (Å²) >= 11 is 1.56. The standard InChI is InChI=1S/C20H16N4O2S/c25-16-9-12-3-1-2-4-13(12)18(16)23-20-22-15(19(26)24-20)7-11-5-6-14-17(8-11)27-10-21-14/h1-8,10,16,18,25H,9H2,(H2,22,23,24,26)/b15-7-/t16-,18+/m0/s1. The Balaban J connectivity index is 1.42. The van der Waals surface area contributed by atoms with Gasteiger partial charge in [-0.3, -0.25) is 10.1 Å². The van der Waals surface area contributed by atoms with E-state index in [1.807, 2.05) is 42.5 Å². The topological polar surface area (TPSA) is 86.6 Å². The van der Waals surface area contributed by atoms with E-state index in [4.69, 9.17) is 0 Å². The molecule has 0 radical (unpaired) electrons. The number of benzene rings is 2. The summed E-state index contributed by atoms with van der Waals surface area (Å²) in [6.07, 6.45) is 1.77. The van der Waals surface area contributed by atoms with Crippen LogP contribution >= 0.6 is 11.3 Å². The fourth-order valence-corrected chi connectivity index (χ4v) is 4.26. The number of aliphatic hydroxyl groups is 1. The Kier molecular flexibility index (Phi) is 3.77. The molecule has 2 aromatic carbocycles. The van der Waals surface area contributed by atoms with Crippen molar-refractivity contribution in [3.63, 3.8) is 0 Å². The molecule has 1 aliphatic carbocycles. The van der Waals surface area contributed by atoms with Crippen molar-refractivity contribution in [3.8, 4) is 0 Å². The van der Waals surface area contributed by atoms with Crippen LogP contribution in [0, 0.1) is 0 Å². The van der Waals surface area contributed by atoms with E-state index < -0.39 is 6.10 Å². The second-order valence-corrected chi connectivity index (χ2v) is 7.50. The fraction of sp³-hybridized carbons (Fsp3) is 0.150. The van der Waals surface area contributed by atoms with Crippen LogP contribution in [0.25, 0.3) is 16.3 Å². The molecule has 0 saturated carbocycles. The van der Waals surface area contributed by atoms with Gasteiger partial charge in [0, 0.05) is 6.42 Å². The van der Waals surface area contributed by atoms with Gasteiger partial charge in [0.05, 0.1) is 21.8 Å². The SMILES string of the molecule is O=C1NC(=N[C@@H]2c3ccccc3C[C@@H]2O)N/C1=C\c1ccc2ncsc2c1. The van der Waals surface area contributed by atoms with Gasteiger partial charge < -0.3 is 10.4 Å². The third kappa shape index (κ3) is 2.90. The Morgan fingerprint density at radius 2 is 2.11 bits per heavy atom. The fourth-order valence-electron chi connectivity index (χ4n) is 3.53. The lowest BCUT2D eigenvalue weighted by Crippen LogP contribution is -2.27. The summed E-state index contributed by atoms with van der Waals surface area (Å²) in [5, 5.41) is 16.1. The van der Waals surface area contributed by atoms with Crippen LogP contribution < -0.4 is 10.6 Å². The highest BCUT2D eigenvalue weighted by molar-refractivity contribution is 7.16. The normalized spacial score (nSPS) is 24.4. The number of aliphatic hydroxyl groups excluding tert-OH is 1. The van der Waals surface area contributed by atoms with Crippen LogP contribution in [0.1, 0.15) is 22.7 Å². The molecule has 6 nitrogen and oxygen atoms in total. The number of amides is 1. The number of carbonyl (C=O) groups excluding carboxylic acids is 1. The maximum atomic E-state index is 12.3. The molecular weight excluding hydrogens is 360 g/mol. The van der Waals surface area contributed by atoms with Crippen molar-refractivity contribution < 1.29 is 9.90 Å². The number of nitrogens with zero attached hydrogens (tertiary/aromatic N) is 2. The van der Waals surface area contributed by atoms with Crippen molar-refractivity contribution in [2.45, 2.75) is 18.6 Å². The average Bonchev–Trinajstić information content (AvgIpc) is 3.34. The van der Waals surface area contributed by atoms with Crippen molar-refractivity contribution in [3.05, 3.63) is 70.4 Å². The first kappa shape index (κ1) is 16.2. The maximum absolute atomic E-state index is 12.3. The molecule has 2 atom stereocenters. The Morgan fingerprint density at radius 1 is 1.22 bits per heavy atom. The molecule has 3 aromatic rings. The quantitative estimate of drug-likeness (QED) is 0.600. The van der Waals surface area contributed by atoms with Crippen LogP contribution in [0.3, 0.4) is 0 Å². The van der Waals surface area contributed by atoms with E-state index in [1.54, 1.807) is 22.9 Å². The molecule has 2 aliphatic rings. The first-order valence-electron chi connectivity index (χ1n) is 8.64. The number of carbonyl (C=O) groups is 1. The van der Waals surface area contributed by atoms with Crippen LogP contribution in [0.15, 0.2) is 58.7 Å². The molecule has 1 aliphatic heterocycles. The molecule has 0 bridgehead atoms. The van der Waals surface area contributed by atoms with Crippen molar-refractivity contribution in [1.82, 2.24) is 15.6 Å². The van der Waals surface area contributed by atoms with Crippen LogP contribution in [0.4, 0.5) is 0 Å². The predicted octanol–water partition coefficient (Wildman–Crippen LogP) is 2.37. The van der Waals surface area contributed by atoms with Gasteiger partial charge in [0.15, 0.2) is 0 Å². The first-order valence-corrected chi connectivity index (χ1v) is 9.52. The molecule has 1 fully saturated rings. The zero-order valence-corrected chi connectivity index (χ0v) is 15.0. The summed E-state index contributed by atoms with van der Waals surface area (Å²) in [5.74, 6) is 0.129. The Hall–Kier alpha value is -3.03. The number of aliphatic imine (C=N–C) groups is 1. The zero-order chi connectivity index (χ0) is 18.4. The number of rotatable bonds is 2. The van der Waals surface area contributed by atoms with Crippen LogP contribution in [-0.4, -0.2) is 28.1 Å². The van der Waals surface area contributed by atoms with Gasteiger partial charge in [0.1, 0.15) is 11.7 Å². The molecule has 3 N–H and O–H groups in total. The highest BCUT2D eigenvalue weighted by Crippen LogP contribution is 2.34. The number of aromatic nitrogens is 1. The molecule has 7 heteroatoms. The summed E-state index contributed by atoms with van der Waals surface area (Å²) in [6.45, 7) is 0. The lowest BCUT2D eigenvalue weighted by Gasteiger charge is -2.11. The van der Waals surface area contributed by atoms with E-state index >= 15 is 0 Å². The zero-order valence-electron chi connectivity index (χ0n) is 14.2. The molecule has 5 rings (SSSR count). The van der Waals surface area contributed by atoms with Crippen molar-refractivity contribution in [2.75, 3.05) is 0 Å². The Morgan fingerprint density at radius 3 is 3.04 bits per heavy atom. The van der Waals surface area contributed by atoms with Crippen LogP contribution in [0.2, 0.25) is 0 Å². The third-order valence-electron chi connectivity index (χ3n) is 4.83. The second-order valence-electron chi connectivity index (χ2n) is 6.61. The molecule has 1 saturated heterocycles. The molecule has 27 heavy (non-hydrogen) atoms.